The number of aryl methyl sites for hydroxylation is 1. The first-order valence-corrected chi connectivity index (χ1v) is 9.43. The molecule has 0 spiro atoms. The van der Waals surface area contributed by atoms with E-state index in [1.54, 1.807) is 0 Å². The van der Waals surface area contributed by atoms with Gasteiger partial charge in [0.25, 0.3) is 5.56 Å². The number of hydrogen-bond acceptors (Lipinski definition) is 6. The third-order valence-corrected chi connectivity index (χ3v) is 5.32. The summed E-state index contributed by atoms with van der Waals surface area (Å²) in [6.45, 7) is 3.86. The molecule has 0 amide bonds. The Hall–Kier alpha value is -2.28. The Labute approximate surface area is 149 Å². The van der Waals surface area contributed by atoms with E-state index in [2.05, 4.69) is 15.3 Å². The van der Waals surface area contributed by atoms with Gasteiger partial charge in [-0.1, -0.05) is 18.7 Å². The molecule has 7 heteroatoms. The molecular weight excluding hydrogens is 338 g/mol. The maximum Gasteiger partial charge on any atom is 0.257 e. The van der Waals surface area contributed by atoms with Crippen LogP contribution in [0.1, 0.15) is 49.2 Å². The van der Waals surface area contributed by atoms with Gasteiger partial charge in [-0.2, -0.15) is 0 Å². The van der Waals surface area contributed by atoms with Crippen molar-refractivity contribution < 1.29 is 9.21 Å². The second kappa shape index (κ2) is 6.22. The number of hydrogen-bond donors (Lipinski definition) is 2. The topological polar surface area (TPSA) is 88.0 Å². The highest BCUT2D eigenvalue weighted by Crippen LogP contribution is 2.43. The van der Waals surface area contributed by atoms with Crippen LogP contribution in [0.2, 0.25) is 0 Å². The van der Waals surface area contributed by atoms with Crippen LogP contribution < -0.4 is 10.9 Å². The van der Waals surface area contributed by atoms with Gasteiger partial charge >= 0.3 is 0 Å². The second-order valence-corrected chi connectivity index (χ2v) is 7.49. The van der Waals surface area contributed by atoms with Crippen molar-refractivity contribution in [3.8, 4) is 0 Å². The molecule has 2 aromatic rings. The van der Waals surface area contributed by atoms with Gasteiger partial charge in [0.15, 0.2) is 10.9 Å². The molecule has 4 rings (SSSR count). The third kappa shape index (κ3) is 2.72. The fourth-order valence-corrected chi connectivity index (χ4v) is 4.13. The van der Waals surface area contributed by atoms with Gasteiger partial charge in [0.1, 0.15) is 17.3 Å². The third-order valence-electron chi connectivity index (χ3n) is 4.56. The lowest BCUT2D eigenvalue weighted by Crippen LogP contribution is -2.32. The van der Waals surface area contributed by atoms with Crippen LogP contribution in [0, 0.1) is 6.92 Å². The van der Waals surface area contributed by atoms with Gasteiger partial charge in [-0.25, -0.2) is 4.98 Å². The number of rotatable bonds is 3. The van der Waals surface area contributed by atoms with Gasteiger partial charge in [0, 0.05) is 17.7 Å². The van der Waals surface area contributed by atoms with Crippen molar-refractivity contribution in [3.05, 3.63) is 50.8 Å². The van der Waals surface area contributed by atoms with Crippen LogP contribution in [-0.2, 0) is 4.79 Å². The molecule has 0 fully saturated rings. The predicted octanol–water partition coefficient (Wildman–Crippen LogP) is 3.35. The fraction of sp³-hybridized carbons (Fsp3) is 0.389. The molecule has 25 heavy (non-hydrogen) atoms. The van der Waals surface area contributed by atoms with Gasteiger partial charge in [-0.05, 0) is 37.7 Å². The number of ketones is 1. The molecule has 0 saturated heterocycles. The number of aromatic amines is 1. The van der Waals surface area contributed by atoms with Gasteiger partial charge in [0.2, 0.25) is 0 Å². The summed E-state index contributed by atoms with van der Waals surface area (Å²) in [5.41, 5.74) is 1.76. The molecule has 0 saturated carbocycles. The average molecular weight is 357 g/mol. The predicted molar refractivity (Wildman–Crippen MR) is 96.1 cm³/mol. The highest BCUT2D eigenvalue weighted by atomic mass is 32.2. The van der Waals surface area contributed by atoms with Gasteiger partial charge in [-0.15, -0.1) is 0 Å². The quantitative estimate of drug-likeness (QED) is 0.647. The van der Waals surface area contributed by atoms with E-state index in [4.69, 9.17) is 4.42 Å². The molecule has 130 valence electrons. The smallest absolute Gasteiger partial charge is 0.257 e. The molecule has 0 bridgehead atoms. The minimum atomic E-state index is -0.496. The van der Waals surface area contributed by atoms with E-state index in [0.29, 0.717) is 34.3 Å². The zero-order valence-corrected chi connectivity index (χ0v) is 15.0. The van der Waals surface area contributed by atoms with Crippen molar-refractivity contribution >= 4 is 23.4 Å². The fourth-order valence-electron chi connectivity index (χ4n) is 3.54. The van der Waals surface area contributed by atoms with E-state index in [0.717, 1.165) is 30.1 Å². The molecule has 0 radical (unpaired) electrons. The number of carbonyl (C=O) groups excluding carboxylic acids is 1. The lowest BCUT2D eigenvalue weighted by Gasteiger charge is -2.31. The Morgan fingerprint density at radius 1 is 1.32 bits per heavy atom. The number of H-pyrrole nitrogens is 1. The minimum Gasteiger partial charge on any atom is -0.465 e. The van der Waals surface area contributed by atoms with Gasteiger partial charge < -0.3 is 14.7 Å². The van der Waals surface area contributed by atoms with E-state index < -0.39 is 5.92 Å². The number of nitrogens with zero attached hydrogens (tertiary/aromatic N) is 1. The van der Waals surface area contributed by atoms with Crippen LogP contribution in [0.3, 0.4) is 0 Å². The van der Waals surface area contributed by atoms with Crippen LogP contribution in [0.25, 0.3) is 0 Å². The summed E-state index contributed by atoms with van der Waals surface area (Å²) in [7, 11) is 0. The molecule has 1 aliphatic carbocycles. The molecule has 1 unspecified atom stereocenters. The summed E-state index contributed by atoms with van der Waals surface area (Å²) in [6, 6.07) is 3.70. The number of Topliss-reactive ketones (excluding diaryl/α,β-unsaturated/α-hetero) is 1. The van der Waals surface area contributed by atoms with Crippen molar-refractivity contribution in [2.75, 3.05) is 11.1 Å². The van der Waals surface area contributed by atoms with Crippen LogP contribution in [0.5, 0.6) is 0 Å². The summed E-state index contributed by atoms with van der Waals surface area (Å²) < 4.78 is 5.81. The Kier molecular flexibility index (Phi) is 4.03. The molecule has 1 atom stereocenters. The van der Waals surface area contributed by atoms with E-state index in [1.807, 2.05) is 26.0 Å². The van der Waals surface area contributed by atoms with E-state index >= 15 is 0 Å². The van der Waals surface area contributed by atoms with Crippen LogP contribution in [0.4, 0.5) is 5.82 Å². The lowest BCUT2D eigenvalue weighted by atomic mass is 9.79. The van der Waals surface area contributed by atoms with Gasteiger partial charge in [-0.3, -0.25) is 9.59 Å². The largest absolute Gasteiger partial charge is 0.465 e. The summed E-state index contributed by atoms with van der Waals surface area (Å²) >= 11 is 1.48. The average Bonchev–Trinajstić information content (AvgIpc) is 3.00. The summed E-state index contributed by atoms with van der Waals surface area (Å²) in [4.78, 5) is 32.8. The number of nitrogens with one attached hydrogen (secondary N) is 2. The zero-order valence-electron chi connectivity index (χ0n) is 14.1. The monoisotopic (exact) mass is 357 g/mol. The van der Waals surface area contributed by atoms with Gasteiger partial charge in [0.05, 0.1) is 11.5 Å². The first-order valence-electron chi connectivity index (χ1n) is 8.45. The number of furan rings is 1. The normalized spacial score (nSPS) is 19.4. The van der Waals surface area contributed by atoms with Crippen LogP contribution in [0.15, 0.2) is 37.8 Å². The first kappa shape index (κ1) is 16.2. The van der Waals surface area contributed by atoms with Crippen molar-refractivity contribution in [3.63, 3.8) is 0 Å². The first-order chi connectivity index (χ1) is 12.1. The molecular formula is C18H19N3O3S. The molecule has 2 aromatic heterocycles. The van der Waals surface area contributed by atoms with Crippen molar-refractivity contribution in [2.24, 2.45) is 0 Å². The Morgan fingerprint density at radius 3 is 2.88 bits per heavy atom. The number of anilines is 1. The van der Waals surface area contributed by atoms with Crippen molar-refractivity contribution in [1.82, 2.24) is 9.97 Å². The van der Waals surface area contributed by atoms with E-state index in [-0.39, 0.29) is 11.3 Å². The Bertz CT molecular complexity index is 941. The van der Waals surface area contributed by atoms with E-state index in [9.17, 15) is 9.59 Å². The lowest BCUT2D eigenvalue weighted by molar-refractivity contribution is -0.116. The Balaban J connectivity index is 1.94. The maximum atomic E-state index is 12.8. The SMILES string of the molecule is CCSc1nc2c(c(=O)[nH]1)C(c1ccc(C)o1)C1=C(CCCC1=O)N2. The van der Waals surface area contributed by atoms with Crippen molar-refractivity contribution in [2.45, 2.75) is 44.2 Å². The van der Waals surface area contributed by atoms with Crippen LogP contribution >= 0.6 is 11.8 Å². The van der Waals surface area contributed by atoms with E-state index in [1.165, 1.54) is 11.8 Å². The molecule has 6 nitrogen and oxygen atoms in total. The molecule has 1 aliphatic heterocycles. The summed E-state index contributed by atoms with van der Waals surface area (Å²) in [6.07, 6.45) is 2.09. The van der Waals surface area contributed by atoms with Crippen molar-refractivity contribution in [1.29, 1.82) is 0 Å². The maximum absolute atomic E-state index is 12.8. The highest BCUT2D eigenvalue weighted by Gasteiger charge is 2.39. The molecule has 2 N–H and O–H groups in total. The zero-order chi connectivity index (χ0) is 17.6. The number of thioether (sulfide) groups is 1. The van der Waals surface area contributed by atoms with Crippen LogP contribution in [-0.4, -0.2) is 21.5 Å². The number of carbonyl (C=O) groups is 1. The highest BCUT2D eigenvalue weighted by molar-refractivity contribution is 7.99. The second-order valence-electron chi connectivity index (χ2n) is 6.24. The minimum absolute atomic E-state index is 0.0739. The summed E-state index contributed by atoms with van der Waals surface area (Å²) in [5, 5.41) is 3.83. The number of fused-ring (bicyclic) bond motifs is 1. The standard InChI is InChI=1S/C18H19N3O3S/c1-3-25-18-20-16-15(17(23)21-18)14(12-8-7-9(2)24-12)13-10(19-16)5-4-6-11(13)22/h7-8,14H,3-6H2,1-2H3,(H2,19,20,21,23). The summed E-state index contributed by atoms with van der Waals surface area (Å²) in [5.74, 6) is 2.30. The number of aromatic nitrogens is 2. The molecule has 0 aromatic carbocycles. The molecule has 2 aliphatic rings. The molecule has 3 heterocycles. The Morgan fingerprint density at radius 2 is 2.16 bits per heavy atom. The number of allylic oxidation sites excluding steroid dienone is 2.